The first kappa shape index (κ1) is 31.5. The zero-order chi connectivity index (χ0) is 27.8. The molecule has 2 saturated heterocycles. The summed E-state index contributed by atoms with van der Waals surface area (Å²) in [5.41, 5.74) is 0. The van der Waals surface area contributed by atoms with Crippen molar-refractivity contribution in [1.82, 2.24) is 9.80 Å². The molecule has 0 aliphatic carbocycles. The minimum absolute atomic E-state index is 0.0342. The number of nitrogens with zero attached hydrogens (tertiary/aromatic N) is 2. The third kappa shape index (κ3) is 10.6. The second-order valence-electron chi connectivity index (χ2n) is 8.07. The molecule has 2 atom stereocenters. The molecule has 2 rings (SSSR count). The lowest BCUT2D eigenvalue weighted by Gasteiger charge is -2.28. The van der Waals surface area contributed by atoms with Crippen LogP contribution in [0.25, 0.3) is 0 Å². The average Bonchev–Trinajstić information content (AvgIpc) is 3.40. The lowest BCUT2D eigenvalue weighted by molar-refractivity contribution is -0.164. The Morgan fingerprint density at radius 3 is 1.24 bits per heavy atom. The first-order valence-electron chi connectivity index (χ1n) is 12.2. The van der Waals surface area contributed by atoms with Crippen LogP contribution in [0.4, 0.5) is 4.79 Å². The van der Waals surface area contributed by atoms with Crippen LogP contribution in [-0.2, 0) is 57.1 Å². The van der Waals surface area contributed by atoms with Crippen molar-refractivity contribution < 1.29 is 61.9 Å². The predicted octanol–water partition coefficient (Wildman–Crippen LogP) is -0.551. The third-order valence-corrected chi connectivity index (χ3v) is 5.35. The Hall–Kier alpha value is -2.69. The molecule has 2 aliphatic rings. The molecule has 0 aromatic rings. The van der Waals surface area contributed by atoms with E-state index in [4.69, 9.17) is 37.9 Å². The number of imide groups is 2. The Balaban J connectivity index is 1.95. The van der Waals surface area contributed by atoms with Crippen molar-refractivity contribution in [3.8, 4) is 0 Å². The van der Waals surface area contributed by atoms with Gasteiger partial charge < -0.3 is 37.9 Å². The van der Waals surface area contributed by atoms with Crippen molar-refractivity contribution in [3.05, 3.63) is 0 Å². The second kappa shape index (κ2) is 17.8. The number of hydrogen-bond acceptors (Lipinski definition) is 13. The van der Waals surface area contributed by atoms with Gasteiger partial charge in [-0.2, -0.15) is 0 Å². The third-order valence-electron chi connectivity index (χ3n) is 5.35. The van der Waals surface area contributed by atoms with Crippen LogP contribution in [0.1, 0.15) is 25.7 Å². The van der Waals surface area contributed by atoms with Gasteiger partial charge in [-0.05, 0) is 0 Å². The van der Waals surface area contributed by atoms with E-state index in [0.717, 1.165) is 9.80 Å². The topological polar surface area (TPSA) is 166 Å². The molecule has 216 valence electrons. The summed E-state index contributed by atoms with van der Waals surface area (Å²) in [6.45, 7) is 1.45. The maximum atomic E-state index is 12.7. The SMILES string of the molecule is COCCOCCOCC(OC(=O)OC(COCCOCCOC)N1C(=O)CCC1=O)N1C(=O)CCC1=O. The van der Waals surface area contributed by atoms with E-state index in [-0.39, 0.29) is 65.3 Å². The van der Waals surface area contributed by atoms with Gasteiger partial charge in [-0.1, -0.05) is 0 Å². The molecule has 0 radical (unpaired) electrons. The number of ether oxygens (including phenoxy) is 8. The largest absolute Gasteiger partial charge is 0.512 e. The van der Waals surface area contributed by atoms with E-state index in [2.05, 4.69) is 0 Å². The van der Waals surface area contributed by atoms with Crippen LogP contribution >= 0.6 is 0 Å². The molecule has 0 bridgehead atoms. The van der Waals surface area contributed by atoms with Crippen LogP contribution in [0.15, 0.2) is 0 Å². The van der Waals surface area contributed by atoms with Crippen LogP contribution < -0.4 is 0 Å². The molecule has 2 heterocycles. The summed E-state index contributed by atoms with van der Waals surface area (Å²) in [6.07, 6.45) is -4.28. The molecule has 2 aliphatic heterocycles. The lowest BCUT2D eigenvalue weighted by atomic mass is 10.4. The summed E-state index contributed by atoms with van der Waals surface area (Å²) in [4.78, 5) is 63.2. The molecule has 0 N–H and O–H groups in total. The minimum atomic E-state index is -1.41. The molecule has 0 aromatic carbocycles. The molecular formula is C23H36N2O13. The first-order chi connectivity index (χ1) is 18.4. The Morgan fingerprint density at radius 1 is 0.579 bits per heavy atom. The van der Waals surface area contributed by atoms with E-state index in [9.17, 15) is 24.0 Å². The van der Waals surface area contributed by atoms with Crippen molar-refractivity contribution in [2.24, 2.45) is 0 Å². The van der Waals surface area contributed by atoms with Gasteiger partial charge in [0, 0.05) is 39.9 Å². The molecule has 0 saturated carbocycles. The van der Waals surface area contributed by atoms with Crippen molar-refractivity contribution in [2.75, 3.05) is 80.3 Å². The zero-order valence-electron chi connectivity index (χ0n) is 21.8. The molecule has 15 nitrogen and oxygen atoms in total. The quantitative estimate of drug-likeness (QED) is 0.108. The fourth-order valence-corrected chi connectivity index (χ4v) is 3.50. The van der Waals surface area contributed by atoms with Crippen molar-refractivity contribution in [2.45, 2.75) is 38.1 Å². The van der Waals surface area contributed by atoms with Crippen LogP contribution in [0.5, 0.6) is 0 Å². The van der Waals surface area contributed by atoms with Crippen LogP contribution in [0, 0.1) is 0 Å². The summed E-state index contributed by atoms with van der Waals surface area (Å²) in [5, 5.41) is 0. The smallest absolute Gasteiger partial charge is 0.407 e. The van der Waals surface area contributed by atoms with Gasteiger partial charge >= 0.3 is 6.16 Å². The monoisotopic (exact) mass is 548 g/mol. The summed E-state index contributed by atoms with van der Waals surface area (Å²) in [6, 6.07) is 0. The van der Waals surface area contributed by atoms with E-state index in [1.165, 1.54) is 14.2 Å². The molecule has 2 unspecified atom stereocenters. The number of methoxy groups -OCH3 is 2. The molecule has 2 fully saturated rings. The molecule has 15 heteroatoms. The van der Waals surface area contributed by atoms with E-state index in [1.807, 2.05) is 0 Å². The Labute approximate surface area is 220 Å². The summed E-state index contributed by atoms with van der Waals surface area (Å²) < 4.78 is 41.7. The highest BCUT2D eigenvalue weighted by atomic mass is 16.8. The van der Waals surface area contributed by atoms with Gasteiger partial charge in [-0.3, -0.25) is 19.2 Å². The number of carbonyl (C=O) groups is 5. The Bertz CT molecular complexity index is 699. The number of carbonyl (C=O) groups excluding carboxylic acids is 5. The number of amides is 4. The van der Waals surface area contributed by atoms with Crippen molar-refractivity contribution in [3.63, 3.8) is 0 Å². The Morgan fingerprint density at radius 2 is 0.895 bits per heavy atom. The first-order valence-corrected chi connectivity index (χ1v) is 12.2. The van der Waals surface area contributed by atoms with Crippen LogP contribution in [0.2, 0.25) is 0 Å². The fraction of sp³-hybridized carbons (Fsp3) is 0.783. The highest BCUT2D eigenvalue weighted by Crippen LogP contribution is 2.20. The average molecular weight is 549 g/mol. The zero-order valence-corrected chi connectivity index (χ0v) is 21.8. The van der Waals surface area contributed by atoms with Crippen LogP contribution in [0.3, 0.4) is 0 Å². The van der Waals surface area contributed by atoms with E-state index < -0.39 is 42.2 Å². The van der Waals surface area contributed by atoms with Gasteiger partial charge in [0.25, 0.3) is 0 Å². The van der Waals surface area contributed by atoms with Gasteiger partial charge in [0.05, 0.1) is 52.9 Å². The highest BCUT2D eigenvalue weighted by Gasteiger charge is 2.40. The van der Waals surface area contributed by atoms with Crippen LogP contribution in [-0.4, -0.2) is 132 Å². The van der Waals surface area contributed by atoms with E-state index >= 15 is 0 Å². The summed E-state index contributed by atoms with van der Waals surface area (Å²) in [7, 11) is 3.08. The van der Waals surface area contributed by atoms with Gasteiger partial charge in [-0.15, -0.1) is 0 Å². The molecular weight excluding hydrogens is 512 g/mol. The van der Waals surface area contributed by atoms with E-state index in [0.29, 0.717) is 26.4 Å². The fourth-order valence-electron chi connectivity index (χ4n) is 3.50. The van der Waals surface area contributed by atoms with Gasteiger partial charge in [0.15, 0.2) is 0 Å². The van der Waals surface area contributed by atoms with Crippen molar-refractivity contribution >= 4 is 29.8 Å². The normalized spacial score (nSPS) is 17.4. The predicted molar refractivity (Wildman–Crippen MR) is 124 cm³/mol. The summed E-state index contributed by atoms with van der Waals surface area (Å²) in [5.74, 6) is -2.14. The highest BCUT2D eigenvalue weighted by molar-refractivity contribution is 6.03. The van der Waals surface area contributed by atoms with Gasteiger partial charge in [0.2, 0.25) is 36.1 Å². The number of likely N-dealkylation sites (tertiary alicyclic amines) is 2. The van der Waals surface area contributed by atoms with E-state index in [1.54, 1.807) is 0 Å². The second-order valence-corrected chi connectivity index (χ2v) is 8.07. The molecule has 38 heavy (non-hydrogen) atoms. The molecule has 0 spiro atoms. The molecule has 0 aromatic heterocycles. The maximum Gasteiger partial charge on any atom is 0.512 e. The Kier molecular flexibility index (Phi) is 14.7. The standard InChI is InChI=1S/C23H36N2O13/c1-31-7-9-33-11-13-35-15-21(24-17(26)3-4-18(24)27)37-23(30)38-22(25-19(28)5-6-20(25)29)16-36-14-12-34-10-8-32-2/h21-22H,3-16H2,1-2H3. The number of rotatable bonds is 20. The van der Waals surface area contributed by atoms with Gasteiger partial charge in [-0.25, -0.2) is 14.6 Å². The minimum Gasteiger partial charge on any atom is -0.407 e. The molecule has 4 amide bonds. The maximum absolute atomic E-state index is 12.7. The lowest BCUT2D eigenvalue weighted by Crippen LogP contribution is -2.48. The number of hydrogen-bond donors (Lipinski definition) is 0. The van der Waals surface area contributed by atoms with Crippen molar-refractivity contribution in [1.29, 1.82) is 0 Å². The van der Waals surface area contributed by atoms with Gasteiger partial charge in [0.1, 0.15) is 13.2 Å². The summed E-state index contributed by atoms with van der Waals surface area (Å²) >= 11 is 0.